The number of carbonyl (C=O) groups is 15. The summed E-state index contributed by atoms with van der Waals surface area (Å²) in [6, 6.07) is 34.1. The quantitative estimate of drug-likeness (QED) is 0.00855. The first-order chi connectivity index (χ1) is 66.3. The molecule has 1 aromatic heterocycles. The predicted molar refractivity (Wildman–Crippen MR) is 510 cm³/mol. The van der Waals surface area contributed by atoms with Crippen LogP contribution in [-0.2, 0) is 121 Å². The lowest BCUT2D eigenvalue weighted by Crippen LogP contribution is -2.79. The number of H-pyrrole nitrogens is 1. The lowest BCUT2D eigenvalue weighted by atomic mass is 9.48. The standard InChI is InChI=1S/C100H121N11O26S2/c1-54-74(48-100(131)87(132-50-61-32-17-10-18-33-61)80-78(73(116)47-75-99(80,53-133-75)137-58(5)115)84(119)85(134-57(4)114)79(54)98(100,6)7)135-97(130)86(83(62-34-19-11-20-35-62)111-88(120)63-36-21-12-22-37-63)136-77(118)42-27-41-76(117)103-68(44-59-28-13-8-14-29-59)90(122)107-71(51-138)93(125)105-69(45-60-30-15-9-16-31-60)91(123)106-70(46-64-49-102-66-39-24-23-38-65(64)66)92(124)104-67(40-25-26-43-101)89(121)109-81(55(2)112)95(127)108-72(52-139)94(126)110-82(56(3)113)96(128)129/h8-24,28-39,49,55-56,67-75,78,80-83,85-87,102,112-113,116,131,138-139H,25-27,40-48,50-53,101H2,1-7H3,(H,103,117)(H,104,124)(H,105,125)(H,106,123)(H,107,122)(H,108,127)(H,109,121)(H,110,126)(H,111,120)(H,128,129)/t55-,56-,67+,68-,69+,70-,71+,72+,73+,74+,75?,78?,80?,81+,82+,83+,85-,86?,87?,99+,100-/m1/s1. The molecule has 744 valence electrons. The van der Waals surface area contributed by atoms with Crippen LogP contribution in [0.5, 0.6) is 0 Å². The largest absolute Gasteiger partial charge is 0.480 e. The molecule has 7 aromatic rings. The maximum Gasteiger partial charge on any atom is 0.350 e. The Morgan fingerprint density at radius 3 is 1.63 bits per heavy atom. The highest BCUT2D eigenvalue weighted by Gasteiger charge is 2.74. The number of esters is 4. The Labute approximate surface area is 813 Å². The van der Waals surface area contributed by atoms with Gasteiger partial charge in [-0.1, -0.05) is 172 Å². The summed E-state index contributed by atoms with van der Waals surface area (Å²) >= 11 is 8.61. The molecule has 5 unspecified atom stereocenters. The zero-order valence-electron chi connectivity index (χ0n) is 77.9. The molecule has 21 atom stereocenters. The first-order valence-corrected chi connectivity index (χ1v) is 47.2. The van der Waals surface area contributed by atoms with Crippen LogP contribution in [0, 0.1) is 17.3 Å². The zero-order chi connectivity index (χ0) is 101. The van der Waals surface area contributed by atoms with Crippen LogP contribution in [0.2, 0.25) is 0 Å². The van der Waals surface area contributed by atoms with Crippen molar-refractivity contribution >= 4 is 125 Å². The van der Waals surface area contributed by atoms with Crippen molar-refractivity contribution in [1.82, 2.24) is 52.8 Å². The number of Topliss-reactive ketones (excluding diaryl/α,β-unsaturated/α-hetero) is 1. The van der Waals surface area contributed by atoms with Gasteiger partial charge in [0.25, 0.3) is 5.91 Å². The van der Waals surface area contributed by atoms with E-state index in [0.29, 0.717) is 39.6 Å². The average Bonchev–Trinajstić information content (AvgIpc) is 0.763. The number of nitrogens with two attached hydrogens (primary N) is 1. The number of carboxylic acids is 1. The fraction of sp³-hybridized carbons (Fsp3) is 0.450. The van der Waals surface area contributed by atoms with Crippen molar-refractivity contribution in [3.8, 4) is 0 Å². The van der Waals surface area contributed by atoms with Gasteiger partial charge in [0.05, 0.1) is 43.5 Å². The van der Waals surface area contributed by atoms with E-state index >= 15 is 19.2 Å². The number of fused-ring (bicyclic) bond motifs is 6. The Morgan fingerprint density at radius 2 is 1.08 bits per heavy atom. The number of aliphatic hydroxyl groups is 4. The molecule has 2 saturated carbocycles. The van der Waals surface area contributed by atoms with E-state index in [0.717, 1.165) is 27.7 Å². The molecule has 1 aliphatic heterocycles. The van der Waals surface area contributed by atoms with E-state index in [2.05, 4.69) is 78.1 Å². The van der Waals surface area contributed by atoms with Crippen LogP contribution >= 0.6 is 25.3 Å². The van der Waals surface area contributed by atoms with Gasteiger partial charge in [-0.15, -0.1) is 0 Å². The number of ether oxygens (including phenoxy) is 6. The first-order valence-electron chi connectivity index (χ1n) is 46.0. The minimum Gasteiger partial charge on any atom is -0.480 e. The van der Waals surface area contributed by atoms with Gasteiger partial charge in [-0.05, 0) is 110 Å². The molecule has 0 radical (unpaired) electrons. The molecule has 37 nitrogen and oxygen atoms in total. The Hall–Kier alpha value is -12.7. The van der Waals surface area contributed by atoms with Crippen LogP contribution in [0.3, 0.4) is 0 Å². The Kier molecular flexibility index (Phi) is 37.4. The van der Waals surface area contributed by atoms with Crippen molar-refractivity contribution < 1.29 is 126 Å². The molecule has 9 amide bonds. The predicted octanol–water partition coefficient (Wildman–Crippen LogP) is 3.35. The summed E-state index contributed by atoms with van der Waals surface area (Å²) < 4.78 is 37.9. The van der Waals surface area contributed by atoms with Crippen molar-refractivity contribution in [2.24, 2.45) is 23.0 Å². The normalized spacial score (nSPS) is 22.1. The molecule has 6 aromatic carbocycles. The highest BCUT2D eigenvalue weighted by atomic mass is 32.1. The van der Waals surface area contributed by atoms with Crippen LogP contribution in [0.15, 0.2) is 193 Å². The van der Waals surface area contributed by atoms with Crippen molar-refractivity contribution in [3.05, 3.63) is 227 Å². The maximum atomic E-state index is 15.9. The summed E-state index contributed by atoms with van der Waals surface area (Å²) in [5.41, 5.74) is 3.25. The highest BCUT2D eigenvalue weighted by molar-refractivity contribution is 7.80. The minimum absolute atomic E-state index is 0.0365. The molecule has 1 saturated heterocycles. The number of carbonyl (C=O) groups excluding carboxylic acids is 14. The molecule has 11 rings (SSSR count). The number of hydrogen-bond donors (Lipinski definition) is 18. The number of hydrogen-bond acceptors (Lipinski definition) is 28. The summed E-state index contributed by atoms with van der Waals surface area (Å²) in [5, 5.41) is 81.0. The fourth-order valence-electron chi connectivity index (χ4n) is 18.5. The minimum atomic E-state index is -2.37. The molecule has 3 fully saturated rings. The number of ketones is 1. The van der Waals surface area contributed by atoms with Crippen LogP contribution in [-0.4, -0.2) is 252 Å². The maximum absolute atomic E-state index is 15.9. The zero-order valence-corrected chi connectivity index (χ0v) is 79.7. The summed E-state index contributed by atoms with van der Waals surface area (Å²) in [6.07, 6.45) is -14.0. The van der Waals surface area contributed by atoms with E-state index in [1.165, 1.54) is 19.1 Å². The first kappa shape index (κ1) is 107. The molecule has 2 bridgehead atoms. The molecular formula is C100H121N11O26S2. The van der Waals surface area contributed by atoms with Crippen molar-refractivity contribution in [3.63, 3.8) is 0 Å². The van der Waals surface area contributed by atoms with Crippen molar-refractivity contribution in [2.45, 2.75) is 240 Å². The number of benzene rings is 6. The lowest BCUT2D eigenvalue weighted by molar-refractivity contribution is -0.338. The monoisotopic (exact) mass is 1960 g/mol. The molecule has 39 heteroatoms. The van der Waals surface area contributed by atoms with Crippen LogP contribution in [0.4, 0.5) is 0 Å². The van der Waals surface area contributed by atoms with Gasteiger partial charge in [-0.25, -0.2) is 9.59 Å². The summed E-state index contributed by atoms with van der Waals surface area (Å²) in [5.74, 6) is -19.0. The van der Waals surface area contributed by atoms with E-state index in [1.807, 2.05) is 0 Å². The number of aromatic nitrogens is 1. The van der Waals surface area contributed by atoms with Crippen LogP contribution in [0.1, 0.15) is 144 Å². The van der Waals surface area contributed by atoms with E-state index in [-0.39, 0.29) is 87.0 Å². The molecule has 17 N–H and O–H groups in total. The molecule has 0 spiro atoms. The Morgan fingerprint density at radius 1 is 0.576 bits per heavy atom. The number of aromatic amines is 1. The molecule has 2 heterocycles. The summed E-state index contributed by atoms with van der Waals surface area (Å²) in [7, 11) is 0. The third-order valence-corrected chi connectivity index (χ3v) is 26.5. The van der Waals surface area contributed by atoms with Crippen LogP contribution < -0.4 is 53.6 Å². The van der Waals surface area contributed by atoms with E-state index in [4.69, 9.17) is 34.2 Å². The Bertz CT molecular complexity index is 5570. The van der Waals surface area contributed by atoms with E-state index in [1.54, 1.807) is 184 Å². The molecule has 4 aliphatic rings. The van der Waals surface area contributed by atoms with E-state index < -0.39 is 251 Å². The van der Waals surface area contributed by atoms with Gasteiger partial charge in [0.2, 0.25) is 53.4 Å². The number of thiol groups is 2. The molecular weight excluding hydrogens is 1840 g/mol. The second kappa shape index (κ2) is 48.7. The van der Waals surface area contributed by atoms with Gasteiger partial charge < -0.3 is 113 Å². The number of aliphatic carboxylic acids is 1. The van der Waals surface area contributed by atoms with Crippen LogP contribution in [0.25, 0.3) is 10.9 Å². The fourth-order valence-corrected chi connectivity index (χ4v) is 19.0. The van der Waals surface area contributed by atoms with Gasteiger partial charge in [0.15, 0.2) is 23.5 Å². The lowest BCUT2D eigenvalue weighted by Gasteiger charge is -2.65. The number of carboxylic acid groups (broad SMARTS) is 1. The number of rotatable bonds is 46. The number of unbranched alkanes of at least 4 members (excludes halogenated alkanes) is 1. The average molecular weight is 1960 g/mol. The SMILES string of the molecule is CC(=O)O[C@H]1C(=O)C2C(C(OCc3ccccc3)[C@]3(O)C[C@H](OC(=O)C(OC(=O)CCCC(=O)N[C@H](Cc4ccccc4)C(=O)N[C@@H](CS)C(=O)N[C@@H](Cc4ccccc4)C(=O)N[C@H](Cc4c[nH]c5ccccc45)C(=O)N[C@@H](CCCCN)C(=O)N[C@H](C(=O)N[C@@H](CS)C(=O)N[C@H](C(=O)O)[C@@H](C)O)[C@@H](C)O)[C@@H](NC(=O)c4ccccc4)c4ccccc4)C(C)=C1C3(C)C)[C@]1(OC(C)=O)COC1C[C@@H]2O. The number of para-hydroxylation sites is 1. The highest BCUT2D eigenvalue weighted by Crippen LogP contribution is 2.61. The number of amides is 9. The second-order valence-electron chi connectivity index (χ2n) is 35.9. The van der Waals surface area contributed by atoms with Gasteiger partial charge >= 0.3 is 29.8 Å². The van der Waals surface area contributed by atoms with Gasteiger partial charge in [0, 0.05) is 104 Å². The third-order valence-electron chi connectivity index (χ3n) is 25.8. The van der Waals surface area contributed by atoms with Crippen molar-refractivity contribution in [1.29, 1.82) is 0 Å². The van der Waals surface area contributed by atoms with Crippen molar-refractivity contribution in [2.75, 3.05) is 24.7 Å². The molecule has 3 aliphatic carbocycles. The summed E-state index contributed by atoms with van der Waals surface area (Å²) in [6.45, 7) is 8.79. The summed E-state index contributed by atoms with van der Waals surface area (Å²) in [4.78, 5) is 219. The Balaban J connectivity index is 0.833. The smallest absolute Gasteiger partial charge is 0.350 e. The van der Waals surface area contributed by atoms with Gasteiger partial charge in [-0.3, -0.25) is 62.3 Å². The second-order valence-corrected chi connectivity index (χ2v) is 36.6. The van der Waals surface area contributed by atoms with Gasteiger partial charge in [-0.2, -0.15) is 25.3 Å². The number of nitrogens with one attached hydrogen (secondary N) is 10. The molecule has 139 heavy (non-hydrogen) atoms. The number of aliphatic hydroxyl groups excluding tert-OH is 3. The third kappa shape index (κ3) is 26.4. The van der Waals surface area contributed by atoms with Gasteiger partial charge in [0.1, 0.15) is 66.1 Å². The topological polar surface area (TPSA) is 563 Å². The van der Waals surface area contributed by atoms with E-state index in [9.17, 15) is 78.3 Å².